The van der Waals surface area contributed by atoms with Gasteiger partial charge in [-0.25, -0.2) is 0 Å². The van der Waals surface area contributed by atoms with E-state index in [4.69, 9.17) is 0 Å². The summed E-state index contributed by atoms with van der Waals surface area (Å²) in [4.78, 5) is 14.9. The summed E-state index contributed by atoms with van der Waals surface area (Å²) in [5, 5.41) is 3.05. The first-order valence-corrected chi connectivity index (χ1v) is 8.80. The molecule has 0 aromatic heterocycles. The van der Waals surface area contributed by atoms with Crippen molar-refractivity contribution >= 4 is 11.6 Å². The summed E-state index contributed by atoms with van der Waals surface area (Å²) in [5.41, 5.74) is 2.50. The zero-order chi connectivity index (χ0) is 15.2. The average molecular weight is 298 g/mol. The molecule has 2 heterocycles. The molecule has 1 aromatic rings. The Labute approximate surface area is 133 Å². The molecule has 118 valence electrons. The smallest absolute Gasteiger partial charge is 0.225 e. The van der Waals surface area contributed by atoms with Crippen molar-refractivity contribution in [1.29, 1.82) is 0 Å². The number of rotatable bonds is 1. The van der Waals surface area contributed by atoms with Crippen molar-refractivity contribution in [2.45, 2.75) is 56.9 Å². The van der Waals surface area contributed by atoms with Crippen molar-refractivity contribution in [3.8, 4) is 0 Å². The summed E-state index contributed by atoms with van der Waals surface area (Å²) >= 11 is 0. The van der Waals surface area contributed by atoms with E-state index in [9.17, 15) is 4.79 Å². The summed E-state index contributed by atoms with van der Waals surface area (Å²) in [7, 11) is 0. The van der Waals surface area contributed by atoms with E-state index in [0.29, 0.717) is 6.42 Å². The third-order valence-electron chi connectivity index (χ3n) is 6.21. The molecule has 3 heteroatoms. The number of nitrogens with zero attached hydrogens (tertiary/aromatic N) is 1. The molecule has 0 radical (unpaired) electrons. The van der Waals surface area contributed by atoms with Gasteiger partial charge in [-0.3, -0.25) is 4.79 Å². The van der Waals surface area contributed by atoms with E-state index in [2.05, 4.69) is 35.3 Å². The monoisotopic (exact) mass is 298 g/mol. The number of likely N-dealkylation sites (tertiary alicyclic amines) is 1. The number of hydrogen-bond donors (Lipinski definition) is 1. The quantitative estimate of drug-likeness (QED) is 0.860. The van der Waals surface area contributed by atoms with Crippen molar-refractivity contribution in [2.75, 3.05) is 18.4 Å². The molecule has 4 rings (SSSR count). The molecule has 1 amide bonds. The predicted molar refractivity (Wildman–Crippen MR) is 89.0 cm³/mol. The number of nitrogens with one attached hydrogen (secondary N) is 1. The lowest BCUT2D eigenvalue weighted by atomic mass is 9.68. The highest BCUT2D eigenvalue weighted by molar-refractivity contribution is 5.95. The summed E-state index contributed by atoms with van der Waals surface area (Å²) in [6.07, 6.45) is 7.04. The van der Waals surface area contributed by atoms with Gasteiger partial charge in [0.05, 0.1) is 0 Å². The normalized spacial score (nSPS) is 31.0. The van der Waals surface area contributed by atoms with Crippen LogP contribution in [0.25, 0.3) is 0 Å². The molecule has 2 atom stereocenters. The molecule has 1 saturated carbocycles. The minimum atomic E-state index is 0.0830. The number of carbonyl (C=O) groups excluding carboxylic acids is 1. The van der Waals surface area contributed by atoms with Gasteiger partial charge in [0.15, 0.2) is 0 Å². The number of piperidine rings is 1. The second-order valence-electron chi connectivity index (χ2n) is 7.66. The van der Waals surface area contributed by atoms with Crippen LogP contribution in [-0.2, 0) is 10.2 Å². The van der Waals surface area contributed by atoms with Crippen LogP contribution in [0.1, 0.15) is 51.0 Å². The van der Waals surface area contributed by atoms with E-state index in [1.807, 2.05) is 6.07 Å². The minimum absolute atomic E-state index is 0.0830. The second kappa shape index (κ2) is 5.38. The molecule has 1 aromatic carbocycles. The summed E-state index contributed by atoms with van der Waals surface area (Å²) in [6, 6.07) is 9.21. The third kappa shape index (κ3) is 2.36. The Kier molecular flexibility index (Phi) is 3.48. The van der Waals surface area contributed by atoms with Crippen LogP contribution in [-0.4, -0.2) is 29.9 Å². The Bertz CT molecular complexity index is 575. The minimum Gasteiger partial charge on any atom is -0.326 e. The van der Waals surface area contributed by atoms with Gasteiger partial charge in [-0.05, 0) is 62.7 Å². The largest absolute Gasteiger partial charge is 0.326 e. The molecular formula is C19H26N2O. The Balaban J connectivity index is 1.54. The van der Waals surface area contributed by atoms with Crippen LogP contribution in [0.4, 0.5) is 5.69 Å². The van der Waals surface area contributed by atoms with Crippen molar-refractivity contribution in [3.05, 3.63) is 29.8 Å². The molecule has 0 bridgehead atoms. The zero-order valence-corrected chi connectivity index (χ0v) is 13.5. The SMILES string of the molecule is C[C@@H]1CCC(N2CCC3(CC2)CC(=O)Nc2ccccc23)C1. The van der Waals surface area contributed by atoms with Crippen LogP contribution in [0.3, 0.4) is 0 Å². The lowest BCUT2D eigenvalue weighted by molar-refractivity contribution is -0.118. The van der Waals surface area contributed by atoms with Gasteiger partial charge in [-0.1, -0.05) is 25.1 Å². The molecule has 1 saturated heterocycles. The molecule has 22 heavy (non-hydrogen) atoms. The maximum absolute atomic E-state index is 12.2. The lowest BCUT2D eigenvalue weighted by Gasteiger charge is -2.46. The average Bonchev–Trinajstić information content (AvgIpc) is 2.94. The predicted octanol–water partition coefficient (Wildman–Crippen LogP) is 3.55. The molecule has 2 aliphatic heterocycles. The van der Waals surface area contributed by atoms with Crippen LogP contribution >= 0.6 is 0 Å². The van der Waals surface area contributed by atoms with Crippen LogP contribution < -0.4 is 5.32 Å². The van der Waals surface area contributed by atoms with Gasteiger partial charge in [-0.15, -0.1) is 0 Å². The first kappa shape index (κ1) is 14.3. The van der Waals surface area contributed by atoms with E-state index in [1.54, 1.807) is 0 Å². The van der Waals surface area contributed by atoms with Crippen LogP contribution in [0.15, 0.2) is 24.3 Å². The fourth-order valence-corrected chi connectivity index (χ4v) is 4.92. The summed E-state index contributed by atoms with van der Waals surface area (Å²) in [6.45, 7) is 4.69. The van der Waals surface area contributed by atoms with Crippen LogP contribution in [0, 0.1) is 5.92 Å². The van der Waals surface area contributed by atoms with Crippen molar-refractivity contribution in [2.24, 2.45) is 5.92 Å². The van der Waals surface area contributed by atoms with E-state index in [-0.39, 0.29) is 11.3 Å². The number of benzene rings is 1. The van der Waals surface area contributed by atoms with Gasteiger partial charge < -0.3 is 10.2 Å². The maximum atomic E-state index is 12.2. The van der Waals surface area contributed by atoms with Gasteiger partial charge in [0, 0.05) is 23.6 Å². The topological polar surface area (TPSA) is 32.3 Å². The van der Waals surface area contributed by atoms with E-state index < -0.39 is 0 Å². The lowest BCUT2D eigenvalue weighted by Crippen LogP contribution is -2.49. The number of amides is 1. The Hall–Kier alpha value is -1.35. The standard InChI is InChI=1S/C19H26N2O/c1-14-6-7-15(12-14)21-10-8-19(9-11-21)13-18(22)20-17-5-3-2-4-16(17)19/h2-5,14-15H,6-13H2,1H3,(H,20,22)/t14-,15?/m1/s1. The number of carbonyl (C=O) groups is 1. The van der Waals surface area contributed by atoms with Crippen LogP contribution in [0.2, 0.25) is 0 Å². The molecule has 1 unspecified atom stereocenters. The maximum Gasteiger partial charge on any atom is 0.225 e. The van der Waals surface area contributed by atoms with Gasteiger partial charge in [-0.2, -0.15) is 0 Å². The van der Waals surface area contributed by atoms with Crippen LogP contribution in [0.5, 0.6) is 0 Å². The molecule has 3 aliphatic rings. The van der Waals surface area contributed by atoms with Crippen molar-refractivity contribution in [3.63, 3.8) is 0 Å². The Morgan fingerprint density at radius 3 is 2.68 bits per heavy atom. The number of anilines is 1. The first-order valence-electron chi connectivity index (χ1n) is 8.80. The Morgan fingerprint density at radius 1 is 1.18 bits per heavy atom. The number of para-hydroxylation sites is 1. The van der Waals surface area contributed by atoms with Gasteiger partial charge in [0.2, 0.25) is 5.91 Å². The summed E-state index contributed by atoms with van der Waals surface area (Å²) in [5.74, 6) is 1.09. The number of fused-ring (bicyclic) bond motifs is 2. The molecule has 2 fully saturated rings. The zero-order valence-electron chi connectivity index (χ0n) is 13.5. The van der Waals surface area contributed by atoms with E-state index in [1.165, 1.54) is 24.8 Å². The highest BCUT2D eigenvalue weighted by Gasteiger charge is 2.43. The highest BCUT2D eigenvalue weighted by Crippen LogP contribution is 2.45. The first-order chi connectivity index (χ1) is 10.7. The van der Waals surface area contributed by atoms with Crippen molar-refractivity contribution < 1.29 is 4.79 Å². The fraction of sp³-hybridized carbons (Fsp3) is 0.632. The van der Waals surface area contributed by atoms with Crippen molar-refractivity contribution in [1.82, 2.24) is 4.90 Å². The van der Waals surface area contributed by atoms with Gasteiger partial charge >= 0.3 is 0 Å². The van der Waals surface area contributed by atoms with E-state index in [0.717, 1.165) is 43.6 Å². The second-order valence-corrected chi connectivity index (χ2v) is 7.66. The number of hydrogen-bond acceptors (Lipinski definition) is 2. The Morgan fingerprint density at radius 2 is 1.95 bits per heavy atom. The fourth-order valence-electron chi connectivity index (χ4n) is 4.92. The molecular weight excluding hydrogens is 272 g/mol. The highest BCUT2D eigenvalue weighted by atomic mass is 16.1. The third-order valence-corrected chi connectivity index (χ3v) is 6.21. The molecule has 3 nitrogen and oxygen atoms in total. The van der Waals surface area contributed by atoms with E-state index >= 15 is 0 Å². The van der Waals surface area contributed by atoms with Gasteiger partial charge in [0.25, 0.3) is 0 Å². The van der Waals surface area contributed by atoms with Gasteiger partial charge in [0.1, 0.15) is 0 Å². The molecule has 1 spiro atoms. The summed E-state index contributed by atoms with van der Waals surface area (Å²) < 4.78 is 0. The molecule has 1 aliphatic carbocycles. The molecule has 1 N–H and O–H groups in total.